The van der Waals surface area contributed by atoms with Crippen LogP contribution in [0.3, 0.4) is 0 Å². The molecule has 1 atom stereocenters. The Morgan fingerprint density at radius 3 is 2.83 bits per heavy atom. The van der Waals surface area contributed by atoms with E-state index in [1.54, 1.807) is 0 Å². The maximum absolute atomic E-state index is 14.0. The van der Waals surface area contributed by atoms with Gasteiger partial charge in [0.15, 0.2) is 17.1 Å². The van der Waals surface area contributed by atoms with Gasteiger partial charge in [-0.25, -0.2) is 13.9 Å². The Balaban J connectivity index is 2.25. The largest absolute Gasteiger partial charge is 0.479 e. The molecule has 2 rings (SSSR count). The lowest BCUT2D eigenvalue weighted by Gasteiger charge is -2.24. The molecule has 1 aromatic heterocycles. The fourth-order valence-corrected chi connectivity index (χ4v) is 2.08. The van der Waals surface area contributed by atoms with E-state index in [2.05, 4.69) is 15.6 Å². The number of hydrogen-bond donors (Lipinski definition) is 2. The van der Waals surface area contributed by atoms with Gasteiger partial charge in [0.2, 0.25) is 0 Å². The molecule has 0 spiro atoms. The van der Waals surface area contributed by atoms with Gasteiger partial charge in [0, 0.05) is 7.11 Å². The van der Waals surface area contributed by atoms with Crippen molar-refractivity contribution >= 4 is 23.5 Å². The van der Waals surface area contributed by atoms with Gasteiger partial charge < -0.3 is 15.2 Å². The predicted octanol–water partition coefficient (Wildman–Crippen LogP) is 1.28. The molecule has 0 aliphatic rings. The standard InChI is InChI=1S/C14H14ClFN4O4/c1-14(7-24-2,13(22)23)17-12(21)9-6-20(19-18-9)10-5-3-4-8(15)11(10)16/h3-6H,7H2,1-2H3,(H,17,21)(H,22,23). The molecule has 0 saturated carbocycles. The second-order valence-corrected chi connectivity index (χ2v) is 5.55. The third-order valence-corrected chi connectivity index (χ3v) is 3.49. The summed E-state index contributed by atoms with van der Waals surface area (Å²) in [7, 11) is 1.31. The lowest BCUT2D eigenvalue weighted by Crippen LogP contribution is -2.55. The molecule has 10 heteroatoms. The number of rotatable bonds is 6. The first-order chi connectivity index (χ1) is 11.3. The molecule has 0 saturated heterocycles. The van der Waals surface area contributed by atoms with E-state index >= 15 is 0 Å². The summed E-state index contributed by atoms with van der Waals surface area (Å²) < 4.78 is 19.8. The van der Waals surface area contributed by atoms with Crippen molar-refractivity contribution in [2.45, 2.75) is 12.5 Å². The first kappa shape index (κ1) is 17.8. The highest BCUT2D eigenvalue weighted by Crippen LogP contribution is 2.20. The molecule has 24 heavy (non-hydrogen) atoms. The number of aliphatic carboxylic acids is 1. The smallest absolute Gasteiger partial charge is 0.331 e. The Morgan fingerprint density at radius 2 is 2.21 bits per heavy atom. The van der Waals surface area contributed by atoms with Gasteiger partial charge in [-0.2, -0.15) is 0 Å². The van der Waals surface area contributed by atoms with E-state index in [0.29, 0.717) is 0 Å². The number of hydrogen-bond acceptors (Lipinski definition) is 5. The van der Waals surface area contributed by atoms with Gasteiger partial charge in [-0.05, 0) is 19.1 Å². The van der Waals surface area contributed by atoms with Crippen LogP contribution in [0.25, 0.3) is 5.69 Å². The normalized spacial score (nSPS) is 13.3. The number of nitrogens with zero attached hydrogens (tertiary/aromatic N) is 3. The summed E-state index contributed by atoms with van der Waals surface area (Å²) in [5.41, 5.74) is -1.82. The quantitative estimate of drug-likeness (QED) is 0.807. The third kappa shape index (κ3) is 3.52. The van der Waals surface area contributed by atoms with Gasteiger partial charge >= 0.3 is 5.97 Å². The molecule has 1 amide bonds. The van der Waals surface area contributed by atoms with Crippen molar-refractivity contribution in [2.24, 2.45) is 0 Å². The molecule has 8 nitrogen and oxygen atoms in total. The Morgan fingerprint density at radius 1 is 1.50 bits per heavy atom. The van der Waals surface area contributed by atoms with E-state index in [4.69, 9.17) is 16.3 Å². The molecule has 0 radical (unpaired) electrons. The van der Waals surface area contributed by atoms with Crippen LogP contribution in [0.4, 0.5) is 4.39 Å². The number of benzene rings is 1. The van der Waals surface area contributed by atoms with Gasteiger partial charge in [-0.15, -0.1) is 5.10 Å². The number of methoxy groups -OCH3 is 1. The van der Waals surface area contributed by atoms with Gasteiger partial charge in [0.05, 0.1) is 17.8 Å². The van der Waals surface area contributed by atoms with E-state index in [0.717, 1.165) is 4.68 Å². The monoisotopic (exact) mass is 356 g/mol. The second kappa shape index (κ2) is 6.93. The number of nitrogens with one attached hydrogen (secondary N) is 1. The van der Waals surface area contributed by atoms with Crippen LogP contribution in [-0.4, -0.2) is 51.2 Å². The van der Waals surface area contributed by atoms with Crippen molar-refractivity contribution in [3.05, 3.63) is 40.9 Å². The topological polar surface area (TPSA) is 106 Å². The molecule has 0 aliphatic heterocycles. The Hall–Kier alpha value is -2.52. The lowest BCUT2D eigenvalue weighted by atomic mass is 10.0. The van der Waals surface area contributed by atoms with Crippen LogP contribution < -0.4 is 5.32 Å². The average molecular weight is 357 g/mol. The van der Waals surface area contributed by atoms with Crippen molar-refractivity contribution in [3.63, 3.8) is 0 Å². The summed E-state index contributed by atoms with van der Waals surface area (Å²) >= 11 is 5.69. The molecule has 1 unspecified atom stereocenters. The first-order valence-corrected chi connectivity index (χ1v) is 7.08. The molecule has 0 fully saturated rings. The Kier molecular flexibility index (Phi) is 5.15. The summed E-state index contributed by atoms with van der Waals surface area (Å²) in [5.74, 6) is -2.78. The van der Waals surface area contributed by atoms with E-state index in [1.165, 1.54) is 38.4 Å². The fraction of sp³-hybridized carbons (Fsp3) is 0.286. The van der Waals surface area contributed by atoms with Gasteiger partial charge in [-0.3, -0.25) is 4.79 Å². The summed E-state index contributed by atoms with van der Waals surface area (Å²) in [4.78, 5) is 23.5. The number of ether oxygens (including phenoxy) is 1. The molecule has 2 aromatic rings. The van der Waals surface area contributed by atoms with Crippen LogP contribution in [-0.2, 0) is 9.53 Å². The summed E-state index contributed by atoms with van der Waals surface area (Å²) in [6.45, 7) is 1.04. The minimum absolute atomic E-state index is 0.00642. The van der Waals surface area contributed by atoms with Crippen LogP contribution in [0.15, 0.2) is 24.4 Å². The third-order valence-electron chi connectivity index (χ3n) is 3.20. The van der Waals surface area contributed by atoms with E-state index in [9.17, 15) is 19.1 Å². The predicted molar refractivity (Wildman–Crippen MR) is 81.7 cm³/mol. The SMILES string of the molecule is COCC(C)(NC(=O)c1cn(-c2cccc(Cl)c2F)nn1)C(=O)O. The zero-order chi connectivity index (χ0) is 17.9. The highest BCUT2D eigenvalue weighted by atomic mass is 35.5. The van der Waals surface area contributed by atoms with Gasteiger partial charge in [0.25, 0.3) is 5.91 Å². The molecular weight excluding hydrogens is 343 g/mol. The van der Waals surface area contributed by atoms with Crippen LogP contribution in [0.5, 0.6) is 0 Å². The molecule has 2 N–H and O–H groups in total. The number of carbonyl (C=O) groups excluding carboxylic acids is 1. The molecule has 1 heterocycles. The molecular formula is C14H14ClFN4O4. The van der Waals surface area contributed by atoms with Crippen molar-refractivity contribution in [2.75, 3.05) is 13.7 Å². The second-order valence-electron chi connectivity index (χ2n) is 5.15. The van der Waals surface area contributed by atoms with Crippen molar-refractivity contribution in [1.82, 2.24) is 20.3 Å². The highest BCUT2D eigenvalue weighted by Gasteiger charge is 2.36. The van der Waals surface area contributed by atoms with Crippen LogP contribution in [0, 0.1) is 5.82 Å². The summed E-state index contributed by atoms with van der Waals surface area (Å²) in [5, 5.41) is 18.7. The van der Waals surface area contributed by atoms with Crippen LogP contribution >= 0.6 is 11.6 Å². The van der Waals surface area contributed by atoms with E-state index < -0.39 is 23.2 Å². The molecule has 128 valence electrons. The van der Waals surface area contributed by atoms with Gasteiger partial charge in [-0.1, -0.05) is 22.9 Å². The molecule has 0 aliphatic carbocycles. The molecule has 1 aromatic carbocycles. The van der Waals surface area contributed by atoms with Crippen molar-refractivity contribution in [3.8, 4) is 5.69 Å². The Bertz CT molecular complexity index is 782. The number of aromatic nitrogens is 3. The maximum Gasteiger partial charge on any atom is 0.331 e. The average Bonchev–Trinajstić information content (AvgIpc) is 3.00. The van der Waals surface area contributed by atoms with Crippen molar-refractivity contribution in [1.29, 1.82) is 0 Å². The maximum atomic E-state index is 14.0. The number of carboxylic acids is 1. The zero-order valence-electron chi connectivity index (χ0n) is 12.8. The van der Waals surface area contributed by atoms with Crippen LogP contribution in [0.2, 0.25) is 5.02 Å². The zero-order valence-corrected chi connectivity index (χ0v) is 13.5. The van der Waals surface area contributed by atoms with Crippen LogP contribution in [0.1, 0.15) is 17.4 Å². The fourth-order valence-electron chi connectivity index (χ4n) is 1.91. The lowest BCUT2D eigenvalue weighted by molar-refractivity contribution is -0.145. The number of amides is 1. The first-order valence-electron chi connectivity index (χ1n) is 6.70. The van der Waals surface area contributed by atoms with Gasteiger partial charge in [0.1, 0.15) is 5.69 Å². The minimum atomic E-state index is -1.64. The molecule has 0 bridgehead atoms. The Labute approximate surface area is 141 Å². The number of halogens is 2. The number of carboxylic acid groups (broad SMARTS) is 1. The van der Waals surface area contributed by atoms with E-state index in [1.807, 2.05) is 0 Å². The summed E-state index contributed by atoms with van der Waals surface area (Å²) in [6, 6.07) is 4.29. The van der Waals surface area contributed by atoms with E-state index in [-0.39, 0.29) is 23.0 Å². The highest BCUT2D eigenvalue weighted by molar-refractivity contribution is 6.30. The number of carbonyl (C=O) groups is 2. The summed E-state index contributed by atoms with van der Waals surface area (Å²) in [6.07, 6.45) is 1.17. The minimum Gasteiger partial charge on any atom is -0.479 e. The van der Waals surface area contributed by atoms with Crippen molar-refractivity contribution < 1.29 is 23.8 Å².